The molecule has 212 valence electrons. The average Bonchev–Trinajstić information content (AvgIpc) is 3.10. The third-order valence-electron chi connectivity index (χ3n) is 8.30. The lowest BCUT2D eigenvalue weighted by Gasteiger charge is -2.32. The van der Waals surface area contributed by atoms with Gasteiger partial charge in [-0.25, -0.2) is 0 Å². The predicted molar refractivity (Wildman–Crippen MR) is 160 cm³/mol. The third-order valence-corrected chi connectivity index (χ3v) is 9.04. The molecule has 2 saturated heterocycles. The van der Waals surface area contributed by atoms with Crippen LogP contribution in [0.4, 0.5) is 0 Å². The molecule has 0 bridgehead atoms. The van der Waals surface area contributed by atoms with Gasteiger partial charge in [0.25, 0.3) is 5.91 Å². The predicted octanol–water partition coefficient (Wildman–Crippen LogP) is 5.60. The Morgan fingerprint density at radius 1 is 1.05 bits per heavy atom. The van der Waals surface area contributed by atoms with E-state index >= 15 is 0 Å². The Kier molecular flexibility index (Phi) is 11.1. The van der Waals surface area contributed by atoms with Crippen molar-refractivity contribution in [3.05, 3.63) is 69.7 Å². The van der Waals surface area contributed by atoms with Gasteiger partial charge in [-0.3, -0.25) is 9.59 Å². The van der Waals surface area contributed by atoms with Crippen molar-refractivity contribution in [2.24, 2.45) is 5.92 Å². The van der Waals surface area contributed by atoms with Crippen molar-refractivity contribution < 1.29 is 9.59 Å². The second-order valence-electron chi connectivity index (χ2n) is 11.2. The SMILES string of the molecule is CC[C@H](CN1CC[C@H](CNC(=O)c2ccc(Cl)c(Cl)c2)N[C@H](CCN2CCC(C)CC2)C1=O)c1ccccc1. The highest BCUT2D eigenvalue weighted by Gasteiger charge is 2.32. The first-order valence-corrected chi connectivity index (χ1v) is 15.1. The van der Waals surface area contributed by atoms with Crippen LogP contribution in [0.1, 0.15) is 67.8 Å². The van der Waals surface area contributed by atoms with Crippen molar-refractivity contribution in [1.82, 2.24) is 20.4 Å². The number of carbonyl (C=O) groups excluding carboxylic acids is 2. The maximum absolute atomic E-state index is 13.9. The van der Waals surface area contributed by atoms with Crippen LogP contribution in [0.3, 0.4) is 0 Å². The fourth-order valence-corrected chi connectivity index (χ4v) is 5.94. The summed E-state index contributed by atoms with van der Waals surface area (Å²) in [5.41, 5.74) is 1.75. The molecule has 2 aliphatic heterocycles. The standard InChI is InChI=1S/C31H42Cl2N4O2/c1-3-23(24-7-5-4-6-8-24)21-37-18-13-26(20-34-30(38)25-9-10-27(32)28(33)19-25)35-29(31(37)39)14-17-36-15-11-22(2)12-16-36/h4-10,19,22-23,26,29,35H,3,11-18,20-21H2,1-2H3,(H,34,38)/t23-,26-,29-/m1/s1. The second kappa shape index (κ2) is 14.5. The molecule has 2 fully saturated rings. The number of hydrogen-bond donors (Lipinski definition) is 2. The molecule has 2 aromatic carbocycles. The van der Waals surface area contributed by atoms with Crippen LogP contribution >= 0.6 is 23.2 Å². The van der Waals surface area contributed by atoms with Gasteiger partial charge in [-0.15, -0.1) is 0 Å². The molecule has 2 aromatic rings. The lowest BCUT2D eigenvalue weighted by atomic mass is 9.95. The molecule has 39 heavy (non-hydrogen) atoms. The Labute approximate surface area is 243 Å². The molecule has 2 amide bonds. The number of amides is 2. The summed E-state index contributed by atoms with van der Waals surface area (Å²) >= 11 is 12.1. The van der Waals surface area contributed by atoms with E-state index in [-0.39, 0.29) is 23.9 Å². The number of nitrogens with one attached hydrogen (secondary N) is 2. The molecule has 0 saturated carbocycles. The average molecular weight is 574 g/mol. The Balaban J connectivity index is 1.43. The Morgan fingerprint density at radius 2 is 1.79 bits per heavy atom. The molecule has 8 heteroatoms. The van der Waals surface area contributed by atoms with Crippen molar-refractivity contribution in [3.63, 3.8) is 0 Å². The maximum Gasteiger partial charge on any atom is 0.251 e. The maximum atomic E-state index is 13.9. The minimum atomic E-state index is -0.271. The first-order chi connectivity index (χ1) is 18.8. The zero-order valence-electron chi connectivity index (χ0n) is 23.2. The molecular weight excluding hydrogens is 531 g/mol. The monoisotopic (exact) mass is 572 g/mol. The molecule has 2 heterocycles. The van der Waals surface area contributed by atoms with Crippen LogP contribution in [0.2, 0.25) is 10.0 Å². The van der Waals surface area contributed by atoms with Gasteiger partial charge in [-0.2, -0.15) is 0 Å². The first kappa shape index (κ1) is 29.9. The van der Waals surface area contributed by atoms with Crippen LogP contribution in [0, 0.1) is 5.92 Å². The van der Waals surface area contributed by atoms with Crippen LogP contribution in [-0.4, -0.2) is 73.0 Å². The van der Waals surface area contributed by atoms with E-state index in [1.165, 1.54) is 18.4 Å². The van der Waals surface area contributed by atoms with Gasteiger partial charge in [0, 0.05) is 43.7 Å². The Bertz CT molecular complexity index is 1090. The fraction of sp³-hybridized carbons (Fsp3) is 0.548. The van der Waals surface area contributed by atoms with E-state index in [1.54, 1.807) is 18.2 Å². The number of likely N-dealkylation sites (tertiary alicyclic amines) is 1. The van der Waals surface area contributed by atoms with Gasteiger partial charge in [0.05, 0.1) is 16.1 Å². The topological polar surface area (TPSA) is 64.7 Å². The molecule has 6 nitrogen and oxygen atoms in total. The number of nitrogens with zero attached hydrogens (tertiary/aromatic N) is 2. The summed E-state index contributed by atoms with van der Waals surface area (Å²) in [5, 5.41) is 7.44. The van der Waals surface area contributed by atoms with E-state index in [0.717, 1.165) is 44.8 Å². The summed E-state index contributed by atoms with van der Waals surface area (Å²) in [6, 6.07) is 15.1. The molecule has 3 atom stereocenters. The lowest BCUT2D eigenvalue weighted by Crippen LogP contribution is -2.50. The van der Waals surface area contributed by atoms with Gasteiger partial charge in [0.1, 0.15) is 0 Å². The third kappa shape index (κ3) is 8.43. The summed E-state index contributed by atoms with van der Waals surface area (Å²) < 4.78 is 0. The van der Waals surface area contributed by atoms with Crippen molar-refractivity contribution in [2.45, 2.75) is 64.0 Å². The highest BCUT2D eigenvalue weighted by molar-refractivity contribution is 6.42. The van der Waals surface area contributed by atoms with Gasteiger partial charge >= 0.3 is 0 Å². The van der Waals surface area contributed by atoms with E-state index < -0.39 is 0 Å². The van der Waals surface area contributed by atoms with Gasteiger partial charge in [0.2, 0.25) is 5.91 Å². The van der Waals surface area contributed by atoms with Crippen LogP contribution in [0.25, 0.3) is 0 Å². The van der Waals surface area contributed by atoms with Crippen LogP contribution in [-0.2, 0) is 4.79 Å². The number of rotatable bonds is 10. The molecule has 2 N–H and O–H groups in total. The Hall–Kier alpha value is -2.12. The van der Waals surface area contributed by atoms with Crippen molar-refractivity contribution >= 4 is 35.0 Å². The molecule has 0 spiro atoms. The summed E-state index contributed by atoms with van der Waals surface area (Å²) in [6.07, 6.45) is 4.95. The fourth-order valence-electron chi connectivity index (χ4n) is 5.64. The zero-order chi connectivity index (χ0) is 27.8. The first-order valence-electron chi connectivity index (χ1n) is 14.4. The minimum absolute atomic E-state index is 0.00569. The summed E-state index contributed by atoms with van der Waals surface area (Å²) in [5.74, 6) is 1.05. The minimum Gasteiger partial charge on any atom is -0.350 e. The van der Waals surface area contributed by atoms with E-state index in [2.05, 4.69) is 58.5 Å². The largest absolute Gasteiger partial charge is 0.350 e. The number of halogens is 2. The van der Waals surface area contributed by atoms with Gasteiger partial charge in [-0.1, -0.05) is 67.4 Å². The van der Waals surface area contributed by atoms with Crippen LogP contribution in [0.5, 0.6) is 0 Å². The normalized spacial score (nSPS) is 21.9. The number of hydrogen-bond acceptors (Lipinski definition) is 4. The van der Waals surface area contributed by atoms with E-state index in [0.29, 0.717) is 41.2 Å². The van der Waals surface area contributed by atoms with Crippen molar-refractivity contribution in [2.75, 3.05) is 39.3 Å². The summed E-state index contributed by atoms with van der Waals surface area (Å²) in [6.45, 7) is 9.42. The highest BCUT2D eigenvalue weighted by Crippen LogP contribution is 2.24. The van der Waals surface area contributed by atoms with Gasteiger partial charge < -0.3 is 20.4 Å². The van der Waals surface area contributed by atoms with Crippen molar-refractivity contribution in [3.8, 4) is 0 Å². The van der Waals surface area contributed by atoms with Gasteiger partial charge in [-0.05, 0) is 74.9 Å². The Morgan fingerprint density at radius 3 is 2.49 bits per heavy atom. The molecule has 0 aliphatic carbocycles. The van der Waals surface area contributed by atoms with Crippen LogP contribution < -0.4 is 10.6 Å². The lowest BCUT2D eigenvalue weighted by molar-refractivity contribution is -0.133. The van der Waals surface area contributed by atoms with Crippen LogP contribution in [0.15, 0.2) is 48.5 Å². The van der Waals surface area contributed by atoms with Gasteiger partial charge in [0.15, 0.2) is 0 Å². The quantitative estimate of drug-likeness (QED) is 0.389. The second-order valence-corrected chi connectivity index (χ2v) is 12.0. The zero-order valence-corrected chi connectivity index (χ0v) is 24.7. The molecular formula is C31H42Cl2N4O2. The number of carbonyl (C=O) groups is 2. The van der Waals surface area contributed by atoms with Crippen molar-refractivity contribution in [1.29, 1.82) is 0 Å². The van der Waals surface area contributed by atoms with E-state index in [4.69, 9.17) is 23.2 Å². The molecule has 4 rings (SSSR count). The molecule has 0 aromatic heterocycles. The number of benzene rings is 2. The van der Waals surface area contributed by atoms with E-state index in [1.807, 2.05) is 6.07 Å². The highest BCUT2D eigenvalue weighted by atomic mass is 35.5. The molecule has 0 radical (unpaired) electrons. The molecule has 2 aliphatic rings. The summed E-state index contributed by atoms with van der Waals surface area (Å²) in [7, 11) is 0. The summed E-state index contributed by atoms with van der Waals surface area (Å²) in [4.78, 5) is 31.2. The van der Waals surface area contributed by atoms with E-state index in [9.17, 15) is 9.59 Å². The molecule has 0 unspecified atom stereocenters. The number of piperidine rings is 1. The smallest absolute Gasteiger partial charge is 0.251 e.